The number of furan rings is 1. The van der Waals surface area contributed by atoms with Gasteiger partial charge in [-0.05, 0) is 69.3 Å². The summed E-state index contributed by atoms with van der Waals surface area (Å²) in [6.07, 6.45) is 0. The Morgan fingerprint density at radius 1 is 0.931 bits per heavy atom. The number of nitrogens with one attached hydrogen (secondary N) is 1. The molecule has 0 aliphatic carbocycles. The average molecular weight is 431 g/mol. The van der Waals surface area contributed by atoms with Crippen molar-refractivity contribution in [1.82, 2.24) is 10.4 Å². The first-order chi connectivity index (χ1) is 13.7. The van der Waals surface area contributed by atoms with Crippen LogP contribution in [0.15, 0.2) is 65.1 Å². The fourth-order valence-electron chi connectivity index (χ4n) is 2.66. The monoisotopic (exact) mass is 430 g/mol. The SMILES string of the molecule is CC(C)(C)N(NC(=O)c1ccc(-c2ccc(Cl)cc2)o1)C(=O)c1ccccc1Cl. The lowest BCUT2D eigenvalue weighted by Gasteiger charge is -2.35. The molecule has 0 spiro atoms. The van der Waals surface area contributed by atoms with E-state index in [0.29, 0.717) is 21.4 Å². The van der Waals surface area contributed by atoms with Crippen LogP contribution in [0.5, 0.6) is 0 Å². The third-order valence-corrected chi connectivity index (χ3v) is 4.73. The lowest BCUT2D eigenvalue weighted by Crippen LogP contribution is -2.55. The molecule has 0 fully saturated rings. The topological polar surface area (TPSA) is 62.6 Å². The van der Waals surface area contributed by atoms with Crippen LogP contribution in [-0.2, 0) is 0 Å². The van der Waals surface area contributed by atoms with E-state index >= 15 is 0 Å². The Morgan fingerprint density at radius 2 is 1.59 bits per heavy atom. The standard InChI is InChI=1S/C22H20Cl2N2O3/c1-22(2,3)26(21(28)16-6-4-5-7-17(16)24)25-20(27)19-13-12-18(29-19)14-8-10-15(23)11-9-14/h4-13H,1-3H3,(H,25,27). The second-order valence-electron chi connectivity index (χ2n) is 7.40. The van der Waals surface area contributed by atoms with Gasteiger partial charge in [-0.25, -0.2) is 5.01 Å². The largest absolute Gasteiger partial charge is 0.451 e. The van der Waals surface area contributed by atoms with Crippen LogP contribution in [0, 0.1) is 0 Å². The van der Waals surface area contributed by atoms with Crippen molar-refractivity contribution in [2.45, 2.75) is 26.3 Å². The maximum Gasteiger partial charge on any atom is 0.305 e. The lowest BCUT2D eigenvalue weighted by atomic mass is 10.1. The summed E-state index contributed by atoms with van der Waals surface area (Å²) in [5.74, 6) is -0.357. The number of carbonyl (C=O) groups excluding carboxylic acids is 2. The molecule has 0 aliphatic heterocycles. The summed E-state index contributed by atoms with van der Waals surface area (Å²) in [6, 6.07) is 17.0. The second kappa shape index (κ2) is 8.31. The molecule has 150 valence electrons. The van der Waals surface area contributed by atoms with E-state index in [1.165, 1.54) is 5.01 Å². The maximum atomic E-state index is 13.0. The fraction of sp³-hybridized carbons (Fsp3) is 0.182. The number of rotatable bonds is 3. The van der Waals surface area contributed by atoms with Crippen LogP contribution in [-0.4, -0.2) is 22.4 Å². The first kappa shape index (κ1) is 21.0. The number of amides is 2. The van der Waals surface area contributed by atoms with Gasteiger partial charge in [-0.3, -0.25) is 15.0 Å². The van der Waals surface area contributed by atoms with E-state index in [1.54, 1.807) is 60.7 Å². The average Bonchev–Trinajstić information content (AvgIpc) is 3.16. The molecule has 29 heavy (non-hydrogen) atoms. The van der Waals surface area contributed by atoms with Crippen molar-refractivity contribution in [3.8, 4) is 11.3 Å². The molecule has 3 rings (SSSR count). The van der Waals surface area contributed by atoms with E-state index in [9.17, 15) is 9.59 Å². The summed E-state index contributed by atoms with van der Waals surface area (Å²) in [5.41, 5.74) is 3.03. The van der Waals surface area contributed by atoms with Crippen molar-refractivity contribution < 1.29 is 14.0 Å². The maximum absolute atomic E-state index is 13.0. The van der Waals surface area contributed by atoms with Crippen molar-refractivity contribution in [1.29, 1.82) is 0 Å². The van der Waals surface area contributed by atoms with Gasteiger partial charge in [0.25, 0.3) is 5.91 Å². The predicted molar refractivity (Wildman–Crippen MR) is 114 cm³/mol. The highest BCUT2D eigenvalue weighted by atomic mass is 35.5. The van der Waals surface area contributed by atoms with Gasteiger partial charge in [-0.1, -0.05) is 35.3 Å². The minimum absolute atomic E-state index is 0.0798. The molecule has 7 heteroatoms. The molecule has 1 N–H and O–H groups in total. The zero-order chi connectivity index (χ0) is 21.2. The number of nitrogens with zero attached hydrogens (tertiary/aromatic N) is 1. The molecule has 0 unspecified atom stereocenters. The Labute approximate surface area is 179 Å². The van der Waals surface area contributed by atoms with Crippen LogP contribution >= 0.6 is 23.2 Å². The molecule has 2 amide bonds. The lowest BCUT2D eigenvalue weighted by molar-refractivity contribution is 0.0349. The van der Waals surface area contributed by atoms with Gasteiger partial charge in [0.05, 0.1) is 16.1 Å². The molecule has 1 heterocycles. The molecule has 0 aliphatic rings. The number of hydrogen-bond donors (Lipinski definition) is 1. The quantitative estimate of drug-likeness (QED) is 0.530. The smallest absolute Gasteiger partial charge is 0.305 e. The zero-order valence-electron chi connectivity index (χ0n) is 16.2. The molecule has 5 nitrogen and oxygen atoms in total. The molecule has 0 atom stereocenters. The van der Waals surface area contributed by atoms with Gasteiger partial charge in [-0.15, -0.1) is 0 Å². The second-order valence-corrected chi connectivity index (χ2v) is 8.25. The highest BCUT2D eigenvalue weighted by molar-refractivity contribution is 6.33. The van der Waals surface area contributed by atoms with Gasteiger partial charge < -0.3 is 4.42 Å². The number of halogens is 2. The first-order valence-corrected chi connectivity index (χ1v) is 9.68. The highest BCUT2D eigenvalue weighted by Gasteiger charge is 2.31. The van der Waals surface area contributed by atoms with E-state index in [0.717, 1.165) is 5.56 Å². The van der Waals surface area contributed by atoms with E-state index in [1.807, 2.05) is 20.8 Å². The Morgan fingerprint density at radius 3 is 2.21 bits per heavy atom. The van der Waals surface area contributed by atoms with Crippen LogP contribution in [0.25, 0.3) is 11.3 Å². The number of hydrazine groups is 1. The number of benzene rings is 2. The normalized spacial score (nSPS) is 11.2. The zero-order valence-corrected chi connectivity index (χ0v) is 17.7. The Kier molecular flexibility index (Phi) is 6.01. The molecule has 0 bridgehead atoms. The summed E-state index contributed by atoms with van der Waals surface area (Å²) < 4.78 is 5.67. The van der Waals surface area contributed by atoms with Crippen LogP contribution in [0.1, 0.15) is 41.7 Å². The van der Waals surface area contributed by atoms with Crippen molar-refractivity contribution >= 4 is 35.0 Å². The third kappa shape index (κ3) is 4.81. The van der Waals surface area contributed by atoms with Crippen molar-refractivity contribution in [3.63, 3.8) is 0 Å². The summed E-state index contributed by atoms with van der Waals surface area (Å²) in [7, 11) is 0. The molecule has 1 aromatic heterocycles. The van der Waals surface area contributed by atoms with E-state index in [2.05, 4.69) is 5.43 Å². The van der Waals surface area contributed by atoms with E-state index in [4.69, 9.17) is 27.6 Å². The van der Waals surface area contributed by atoms with Crippen LogP contribution < -0.4 is 5.43 Å². The summed E-state index contributed by atoms with van der Waals surface area (Å²) in [5, 5.41) is 2.17. The van der Waals surface area contributed by atoms with Gasteiger partial charge in [-0.2, -0.15) is 0 Å². The molecule has 0 radical (unpaired) electrons. The number of carbonyl (C=O) groups is 2. The third-order valence-electron chi connectivity index (χ3n) is 4.15. The van der Waals surface area contributed by atoms with Crippen LogP contribution in [0.3, 0.4) is 0 Å². The highest BCUT2D eigenvalue weighted by Crippen LogP contribution is 2.25. The number of hydrogen-bond acceptors (Lipinski definition) is 3. The van der Waals surface area contributed by atoms with Crippen molar-refractivity contribution in [2.24, 2.45) is 0 Å². The van der Waals surface area contributed by atoms with Crippen LogP contribution in [0.2, 0.25) is 10.0 Å². The van der Waals surface area contributed by atoms with Crippen molar-refractivity contribution in [2.75, 3.05) is 0 Å². The predicted octanol–water partition coefficient (Wildman–Crippen LogP) is 5.84. The minimum Gasteiger partial charge on any atom is -0.451 e. The van der Waals surface area contributed by atoms with Gasteiger partial charge in [0.15, 0.2) is 5.76 Å². The molecule has 2 aromatic carbocycles. The molecular formula is C22H20Cl2N2O3. The van der Waals surface area contributed by atoms with Gasteiger partial charge >= 0.3 is 5.91 Å². The van der Waals surface area contributed by atoms with Crippen molar-refractivity contribution in [3.05, 3.63) is 82.0 Å². The summed E-state index contributed by atoms with van der Waals surface area (Å²) in [6.45, 7) is 5.43. The molecular weight excluding hydrogens is 411 g/mol. The summed E-state index contributed by atoms with van der Waals surface area (Å²) in [4.78, 5) is 25.8. The van der Waals surface area contributed by atoms with Gasteiger partial charge in [0.1, 0.15) is 5.76 Å². The Hall–Kier alpha value is -2.76. The molecule has 3 aromatic rings. The Balaban J connectivity index is 1.84. The Bertz CT molecular complexity index is 1040. The minimum atomic E-state index is -0.697. The summed E-state index contributed by atoms with van der Waals surface area (Å²) >= 11 is 12.1. The molecule has 0 saturated carbocycles. The molecule has 0 saturated heterocycles. The van der Waals surface area contributed by atoms with Gasteiger partial charge in [0, 0.05) is 10.6 Å². The fourth-order valence-corrected chi connectivity index (χ4v) is 3.01. The van der Waals surface area contributed by atoms with Crippen LogP contribution in [0.4, 0.5) is 0 Å². The van der Waals surface area contributed by atoms with Gasteiger partial charge in [0.2, 0.25) is 0 Å². The first-order valence-electron chi connectivity index (χ1n) is 8.92. The van der Waals surface area contributed by atoms with E-state index in [-0.39, 0.29) is 5.76 Å². The van der Waals surface area contributed by atoms with E-state index < -0.39 is 17.4 Å².